The first-order valence-corrected chi connectivity index (χ1v) is 9.93. The van der Waals surface area contributed by atoms with E-state index in [1.165, 1.54) is 24.4 Å². The first kappa shape index (κ1) is 19.3. The Morgan fingerprint density at radius 3 is 2.81 bits per heavy atom. The molecule has 0 bridgehead atoms. The molecular weight excluding hydrogens is 372 g/mol. The lowest BCUT2D eigenvalue weighted by atomic mass is 10.0. The number of methoxy groups -OCH3 is 1. The summed E-state index contributed by atoms with van der Waals surface area (Å²) >= 11 is 0. The van der Waals surface area contributed by atoms with E-state index >= 15 is 0 Å². The molecule has 1 aromatic carbocycles. The van der Waals surface area contributed by atoms with Gasteiger partial charge < -0.3 is 14.2 Å². The molecule has 9 nitrogen and oxygen atoms in total. The molecule has 1 saturated heterocycles. The van der Waals surface area contributed by atoms with Gasteiger partial charge in [-0.05, 0) is 12.1 Å². The predicted molar refractivity (Wildman–Crippen MR) is 95.8 cm³/mol. The third kappa shape index (κ3) is 4.11. The van der Waals surface area contributed by atoms with Crippen molar-refractivity contribution < 1.29 is 22.5 Å². The number of carbonyl (C=O) groups is 1. The van der Waals surface area contributed by atoms with Gasteiger partial charge in [0.05, 0.1) is 17.9 Å². The van der Waals surface area contributed by atoms with Crippen LogP contribution in [0.15, 0.2) is 33.7 Å². The fraction of sp³-hybridized carbons (Fsp3) is 0.471. The van der Waals surface area contributed by atoms with E-state index in [1.54, 1.807) is 30.1 Å². The van der Waals surface area contributed by atoms with Crippen molar-refractivity contribution in [3.63, 3.8) is 0 Å². The second-order valence-corrected chi connectivity index (χ2v) is 8.38. The number of aromatic nitrogens is 2. The zero-order chi connectivity index (χ0) is 19.6. The fourth-order valence-electron chi connectivity index (χ4n) is 2.66. The Morgan fingerprint density at radius 1 is 1.41 bits per heavy atom. The number of rotatable bonds is 7. The van der Waals surface area contributed by atoms with Crippen LogP contribution >= 0.6 is 0 Å². The number of hydrogen-bond acceptors (Lipinski definition) is 7. The first-order valence-electron chi connectivity index (χ1n) is 8.49. The highest BCUT2D eigenvalue weighted by Crippen LogP contribution is 2.32. The smallest absolute Gasteiger partial charge is 0.243 e. The van der Waals surface area contributed by atoms with Crippen LogP contribution in [0.3, 0.4) is 0 Å². The summed E-state index contributed by atoms with van der Waals surface area (Å²) in [5.74, 6) is 1.26. The monoisotopic (exact) mass is 394 g/mol. The van der Waals surface area contributed by atoms with E-state index in [9.17, 15) is 13.2 Å². The van der Waals surface area contributed by atoms with E-state index in [0.717, 1.165) is 0 Å². The summed E-state index contributed by atoms with van der Waals surface area (Å²) in [5.41, 5.74) is 0. The normalized spacial score (nSPS) is 15.4. The molecule has 0 N–H and O–H groups in total. The molecular formula is C17H22N4O5S. The summed E-state index contributed by atoms with van der Waals surface area (Å²) in [4.78, 5) is 17.3. The van der Waals surface area contributed by atoms with Crippen molar-refractivity contribution in [3.05, 3.63) is 36.0 Å². The molecule has 146 valence electrons. The Morgan fingerprint density at radius 2 is 2.15 bits per heavy atom. The molecule has 3 rings (SSSR count). The van der Waals surface area contributed by atoms with Gasteiger partial charge >= 0.3 is 0 Å². The first-order chi connectivity index (χ1) is 12.8. The van der Waals surface area contributed by atoms with Gasteiger partial charge in [-0.15, -0.1) is 0 Å². The summed E-state index contributed by atoms with van der Waals surface area (Å²) in [6.07, 6.45) is 0.484. The predicted octanol–water partition coefficient (Wildman–Crippen LogP) is 0.887. The van der Waals surface area contributed by atoms with Gasteiger partial charge in [0, 0.05) is 46.1 Å². The van der Waals surface area contributed by atoms with Crippen LogP contribution in [0.4, 0.5) is 0 Å². The second-order valence-electron chi connectivity index (χ2n) is 6.44. The lowest BCUT2D eigenvalue weighted by Gasteiger charge is -2.35. The highest BCUT2D eigenvalue weighted by atomic mass is 32.2. The molecule has 1 aliphatic heterocycles. The maximum absolute atomic E-state index is 12.7. The third-order valence-electron chi connectivity index (χ3n) is 4.57. The highest BCUT2D eigenvalue weighted by Gasteiger charge is 2.40. The van der Waals surface area contributed by atoms with Crippen LogP contribution in [-0.2, 0) is 21.2 Å². The van der Waals surface area contributed by atoms with Crippen LogP contribution in [-0.4, -0.2) is 67.5 Å². The van der Waals surface area contributed by atoms with Crippen LogP contribution in [0, 0.1) is 0 Å². The van der Waals surface area contributed by atoms with Crippen molar-refractivity contribution in [2.45, 2.75) is 24.2 Å². The van der Waals surface area contributed by atoms with Crippen molar-refractivity contribution in [3.8, 4) is 5.75 Å². The lowest BCUT2D eigenvalue weighted by molar-refractivity contribution is -0.127. The van der Waals surface area contributed by atoms with Gasteiger partial charge in [-0.3, -0.25) is 4.79 Å². The van der Waals surface area contributed by atoms with Gasteiger partial charge in [0.15, 0.2) is 5.82 Å². The van der Waals surface area contributed by atoms with E-state index in [1.807, 2.05) is 0 Å². The average Bonchev–Trinajstić information content (AvgIpc) is 3.06. The molecule has 10 heteroatoms. The molecule has 1 aliphatic rings. The Balaban J connectivity index is 1.60. The minimum Gasteiger partial charge on any atom is -0.497 e. The van der Waals surface area contributed by atoms with E-state index in [2.05, 4.69) is 10.1 Å². The third-order valence-corrected chi connectivity index (χ3v) is 6.40. The summed E-state index contributed by atoms with van der Waals surface area (Å²) in [7, 11) is -0.383. The molecule has 2 heterocycles. The average molecular weight is 394 g/mol. The molecule has 0 saturated carbocycles. The van der Waals surface area contributed by atoms with Gasteiger partial charge in [-0.25, -0.2) is 8.42 Å². The summed E-state index contributed by atoms with van der Waals surface area (Å²) < 4.78 is 37.1. The minimum absolute atomic E-state index is 0.0314. The molecule has 1 aromatic heterocycles. The van der Waals surface area contributed by atoms with Crippen molar-refractivity contribution >= 4 is 15.9 Å². The Bertz CT molecular complexity index is 921. The number of likely N-dealkylation sites (N-methyl/N-ethyl adjacent to an activating group) is 1. The van der Waals surface area contributed by atoms with Crippen molar-refractivity contribution in [2.75, 3.05) is 33.8 Å². The molecule has 0 atom stereocenters. The summed E-state index contributed by atoms with van der Waals surface area (Å²) in [6.45, 7) is 2.56. The highest BCUT2D eigenvalue weighted by molar-refractivity contribution is 7.89. The van der Waals surface area contributed by atoms with Crippen LogP contribution in [0.2, 0.25) is 0 Å². The molecule has 0 radical (unpaired) electrons. The molecule has 2 aromatic rings. The quantitative estimate of drug-likeness (QED) is 0.686. The zero-order valence-corrected chi connectivity index (χ0v) is 16.3. The van der Waals surface area contributed by atoms with Crippen LogP contribution in [0.25, 0.3) is 0 Å². The molecule has 1 fully saturated rings. The van der Waals surface area contributed by atoms with E-state index < -0.39 is 10.0 Å². The van der Waals surface area contributed by atoms with Gasteiger partial charge in [0.2, 0.25) is 21.8 Å². The number of nitrogens with zero attached hydrogens (tertiary/aromatic N) is 4. The van der Waals surface area contributed by atoms with Crippen LogP contribution < -0.4 is 4.74 Å². The number of carbonyl (C=O) groups excluding carboxylic acids is 1. The molecule has 0 aliphatic carbocycles. The van der Waals surface area contributed by atoms with Gasteiger partial charge in [-0.2, -0.15) is 9.29 Å². The Kier molecular flexibility index (Phi) is 5.47. The lowest BCUT2D eigenvalue weighted by Crippen LogP contribution is -2.48. The second kappa shape index (κ2) is 7.65. The number of ether oxygens (including phenoxy) is 1. The van der Waals surface area contributed by atoms with Gasteiger partial charge in [0.1, 0.15) is 5.75 Å². The van der Waals surface area contributed by atoms with Crippen molar-refractivity contribution in [2.24, 2.45) is 0 Å². The van der Waals surface area contributed by atoms with Crippen LogP contribution in [0.1, 0.15) is 24.6 Å². The summed E-state index contributed by atoms with van der Waals surface area (Å²) in [5, 5.41) is 3.91. The summed E-state index contributed by atoms with van der Waals surface area (Å²) in [6, 6.07) is 6.38. The standard InChI is InChI=1S/C17H22N4O5S/c1-12(22)20(2)8-7-16-18-17(26-19-16)13-10-21(11-13)27(23,24)15-6-4-5-14(9-15)25-3/h4-6,9,13H,7-8,10-11H2,1-3H3. The van der Waals surface area contributed by atoms with Gasteiger partial charge in [-0.1, -0.05) is 11.2 Å². The topological polar surface area (TPSA) is 106 Å². The SMILES string of the molecule is COc1cccc(S(=O)(=O)N2CC(c3nc(CCN(C)C(C)=O)no3)C2)c1. The van der Waals surface area contributed by atoms with Gasteiger partial charge in [0.25, 0.3) is 0 Å². The number of benzene rings is 1. The van der Waals surface area contributed by atoms with Crippen molar-refractivity contribution in [1.29, 1.82) is 0 Å². The fourth-order valence-corrected chi connectivity index (χ4v) is 4.23. The minimum atomic E-state index is -3.58. The van der Waals surface area contributed by atoms with Crippen molar-refractivity contribution in [1.82, 2.24) is 19.3 Å². The Hall–Kier alpha value is -2.46. The van der Waals surface area contributed by atoms with Crippen LogP contribution in [0.5, 0.6) is 5.75 Å². The largest absolute Gasteiger partial charge is 0.497 e. The number of sulfonamides is 1. The maximum atomic E-state index is 12.7. The molecule has 1 amide bonds. The maximum Gasteiger partial charge on any atom is 0.243 e. The Labute approximate surface area is 158 Å². The molecule has 0 unspecified atom stereocenters. The molecule has 0 spiro atoms. The van der Waals surface area contributed by atoms with E-state index in [-0.39, 0.29) is 29.8 Å². The zero-order valence-electron chi connectivity index (χ0n) is 15.5. The van der Waals surface area contributed by atoms with E-state index in [0.29, 0.717) is 30.4 Å². The number of hydrogen-bond donors (Lipinski definition) is 0. The molecule has 27 heavy (non-hydrogen) atoms. The number of amides is 1. The van der Waals surface area contributed by atoms with E-state index in [4.69, 9.17) is 9.26 Å².